The van der Waals surface area contributed by atoms with Gasteiger partial charge in [-0.3, -0.25) is 0 Å². The molecule has 0 unspecified atom stereocenters. The van der Waals surface area contributed by atoms with E-state index in [1.54, 1.807) is 6.92 Å². The Labute approximate surface area is 119 Å². The monoisotopic (exact) mass is 285 g/mol. The summed E-state index contributed by atoms with van der Waals surface area (Å²) < 4.78 is 6.96. The van der Waals surface area contributed by atoms with E-state index in [4.69, 9.17) is 4.42 Å². The van der Waals surface area contributed by atoms with Gasteiger partial charge in [0.25, 0.3) is 5.89 Å². The second kappa shape index (κ2) is 5.16. The first-order valence-electron chi connectivity index (χ1n) is 6.19. The van der Waals surface area contributed by atoms with Gasteiger partial charge in [-0.15, -0.1) is 10.2 Å². The lowest BCUT2D eigenvalue weighted by Gasteiger charge is -1.99. The highest BCUT2D eigenvalue weighted by Crippen LogP contribution is 2.19. The van der Waals surface area contributed by atoms with Crippen molar-refractivity contribution in [3.05, 3.63) is 58.4 Å². The van der Waals surface area contributed by atoms with Crippen molar-refractivity contribution in [3.8, 4) is 11.5 Å². The Bertz CT molecular complexity index is 778. The van der Waals surface area contributed by atoms with Crippen LogP contribution in [0.1, 0.15) is 11.7 Å². The van der Waals surface area contributed by atoms with E-state index in [-0.39, 0.29) is 18.3 Å². The lowest BCUT2D eigenvalue weighted by molar-refractivity contribution is -0.392. The van der Waals surface area contributed by atoms with Crippen LogP contribution in [0.25, 0.3) is 11.5 Å². The van der Waals surface area contributed by atoms with Gasteiger partial charge < -0.3 is 14.5 Å². The smallest absolute Gasteiger partial charge is 0.343 e. The topological polar surface area (TPSA) is 99.9 Å². The van der Waals surface area contributed by atoms with Crippen molar-refractivity contribution in [2.24, 2.45) is 0 Å². The molecule has 0 aliphatic rings. The van der Waals surface area contributed by atoms with Crippen LogP contribution in [0, 0.1) is 17.0 Å². The maximum atomic E-state index is 10.9. The molecule has 0 saturated carbocycles. The van der Waals surface area contributed by atoms with Crippen molar-refractivity contribution >= 4 is 5.82 Å². The molecule has 0 amide bonds. The van der Waals surface area contributed by atoms with Gasteiger partial charge in [0.2, 0.25) is 5.89 Å². The molecule has 3 rings (SSSR count). The van der Waals surface area contributed by atoms with E-state index in [1.165, 1.54) is 10.8 Å². The lowest BCUT2D eigenvalue weighted by atomic mass is 10.2. The van der Waals surface area contributed by atoms with Crippen LogP contribution in [-0.2, 0) is 6.54 Å². The van der Waals surface area contributed by atoms with Crippen LogP contribution in [0.15, 0.2) is 40.9 Å². The van der Waals surface area contributed by atoms with Crippen molar-refractivity contribution in [3.63, 3.8) is 0 Å². The quantitative estimate of drug-likeness (QED) is 0.538. The van der Waals surface area contributed by atoms with E-state index in [9.17, 15) is 10.1 Å². The Hall–Kier alpha value is -3.03. The standard InChI is InChI=1S/C13H11N5O3/c1-9-14-7-12(18(19)20)17(9)8-11-15-16-13(21-11)10-5-3-2-4-6-10/h2-7H,8H2,1H3. The van der Waals surface area contributed by atoms with Crippen LogP contribution in [0.2, 0.25) is 0 Å². The zero-order valence-corrected chi connectivity index (χ0v) is 11.1. The van der Waals surface area contributed by atoms with E-state index < -0.39 is 4.92 Å². The van der Waals surface area contributed by atoms with E-state index >= 15 is 0 Å². The van der Waals surface area contributed by atoms with Gasteiger partial charge in [0.1, 0.15) is 6.20 Å². The minimum Gasteiger partial charge on any atom is -0.416 e. The van der Waals surface area contributed by atoms with Crippen LogP contribution in [0.5, 0.6) is 0 Å². The molecule has 0 atom stereocenters. The van der Waals surface area contributed by atoms with Crippen molar-refractivity contribution in [1.82, 2.24) is 19.7 Å². The third-order valence-electron chi connectivity index (χ3n) is 3.00. The molecule has 0 N–H and O–H groups in total. The Morgan fingerprint density at radius 3 is 2.76 bits per heavy atom. The summed E-state index contributed by atoms with van der Waals surface area (Å²) in [5.41, 5.74) is 0.799. The minimum absolute atomic E-state index is 0.105. The molecule has 8 nitrogen and oxygen atoms in total. The molecule has 3 aromatic rings. The maximum Gasteiger partial charge on any atom is 0.343 e. The van der Waals surface area contributed by atoms with Gasteiger partial charge >= 0.3 is 5.82 Å². The van der Waals surface area contributed by atoms with E-state index in [0.717, 1.165) is 5.56 Å². The van der Waals surface area contributed by atoms with Crippen molar-refractivity contribution < 1.29 is 9.34 Å². The highest BCUT2D eigenvalue weighted by molar-refractivity contribution is 5.51. The average molecular weight is 285 g/mol. The summed E-state index contributed by atoms with van der Waals surface area (Å²) in [6.07, 6.45) is 1.21. The van der Waals surface area contributed by atoms with Crippen molar-refractivity contribution in [1.29, 1.82) is 0 Å². The zero-order chi connectivity index (χ0) is 14.8. The normalized spacial score (nSPS) is 10.7. The second-order valence-electron chi connectivity index (χ2n) is 4.37. The van der Waals surface area contributed by atoms with Crippen molar-refractivity contribution in [2.45, 2.75) is 13.5 Å². The van der Waals surface area contributed by atoms with Gasteiger partial charge in [0.05, 0.1) is 0 Å². The number of nitro groups is 1. The zero-order valence-electron chi connectivity index (χ0n) is 11.1. The fourth-order valence-corrected chi connectivity index (χ4v) is 1.95. The number of hydrogen-bond donors (Lipinski definition) is 0. The number of aryl methyl sites for hydroxylation is 1. The molecule has 0 spiro atoms. The lowest BCUT2D eigenvalue weighted by Crippen LogP contribution is -2.06. The molecule has 0 saturated heterocycles. The molecule has 0 aliphatic carbocycles. The van der Waals surface area contributed by atoms with Crippen LogP contribution in [0.4, 0.5) is 5.82 Å². The van der Waals surface area contributed by atoms with E-state index in [1.807, 2.05) is 30.3 Å². The number of imidazole rings is 1. The molecule has 0 aliphatic heterocycles. The first-order valence-corrected chi connectivity index (χ1v) is 6.19. The maximum absolute atomic E-state index is 10.9. The summed E-state index contributed by atoms with van der Waals surface area (Å²) in [7, 11) is 0. The van der Waals surface area contributed by atoms with Crippen LogP contribution in [0.3, 0.4) is 0 Å². The number of nitrogens with zero attached hydrogens (tertiary/aromatic N) is 5. The summed E-state index contributed by atoms with van der Waals surface area (Å²) in [6.45, 7) is 1.80. The number of rotatable bonds is 4. The molecule has 2 heterocycles. The summed E-state index contributed by atoms with van der Waals surface area (Å²) in [5, 5.41) is 18.8. The Balaban J connectivity index is 1.89. The summed E-state index contributed by atoms with van der Waals surface area (Å²) in [5.74, 6) is 1.08. The molecular formula is C13H11N5O3. The van der Waals surface area contributed by atoms with Gasteiger partial charge in [0.15, 0.2) is 12.4 Å². The molecular weight excluding hydrogens is 274 g/mol. The van der Waals surface area contributed by atoms with Crippen LogP contribution in [-0.4, -0.2) is 24.7 Å². The first kappa shape index (κ1) is 13.0. The number of benzene rings is 1. The molecule has 8 heteroatoms. The van der Waals surface area contributed by atoms with Gasteiger partial charge in [-0.2, -0.15) is 0 Å². The number of hydrogen-bond acceptors (Lipinski definition) is 6. The van der Waals surface area contributed by atoms with Gasteiger partial charge in [0, 0.05) is 12.5 Å². The molecule has 0 radical (unpaired) electrons. The Kier molecular flexibility index (Phi) is 3.19. The molecule has 0 bridgehead atoms. The number of aromatic nitrogens is 4. The summed E-state index contributed by atoms with van der Waals surface area (Å²) in [4.78, 5) is 14.4. The third-order valence-corrected chi connectivity index (χ3v) is 3.00. The fraction of sp³-hybridized carbons (Fsp3) is 0.154. The van der Waals surface area contributed by atoms with Crippen molar-refractivity contribution in [2.75, 3.05) is 0 Å². The van der Waals surface area contributed by atoms with Crippen LogP contribution < -0.4 is 0 Å². The molecule has 106 valence electrons. The Morgan fingerprint density at radius 1 is 1.29 bits per heavy atom. The average Bonchev–Trinajstić information content (AvgIpc) is 3.08. The van der Waals surface area contributed by atoms with Crippen LogP contribution >= 0.6 is 0 Å². The SMILES string of the molecule is Cc1ncc([N+](=O)[O-])n1Cc1nnc(-c2ccccc2)o1. The molecule has 1 aromatic carbocycles. The molecule has 2 aromatic heterocycles. The van der Waals surface area contributed by atoms with Gasteiger partial charge in [-0.1, -0.05) is 18.2 Å². The van der Waals surface area contributed by atoms with E-state index in [0.29, 0.717) is 11.7 Å². The summed E-state index contributed by atoms with van der Waals surface area (Å²) >= 11 is 0. The first-order chi connectivity index (χ1) is 10.1. The molecule has 21 heavy (non-hydrogen) atoms. The summed E-state index contributed by atoms with van der Waals surface area (Å²) in [6, 6.07) is 9.32. The van der Waals surface area contributed by atoms with Gasteiger partial charge in [-0.25, -0.2) is 9.55 Å². The fourth-order valence-electron chi connectivity index (χ4n) is 1.95. The van der Waals surface area contributed by atoms with E-state index in [2.05, 4.69) is 15.2 Å². The third kappa shape index (κ3) is 2.50. The predicted molar refractivity (Wildman–Crippen MR) is 72.5 cm³/mol. The largest absolute Gasteiger partial charge is 0.416 e. The highest BCUT2D eigenvalue weighted by Gasteiger charge is 2.20. The predicted octanol–water partition coefficient (Wildman–Crippen LogP) is 2.20. The molecule has 0 fully saturated rings. The highest BCUT2D eigenvalue weighted by atomic mass is 16.6. The Morgan fingerprint density at radius 2 is 2.05 bits per heavy atom. The minimum atomic E-state index is -0.492. The van der Waals surface area contributed by atoms with Gasteiger partial charge in [-0.05, 0) is 17.1 Å². The second-order valence-corrected chi connectivity index (χ2v) is 4.37.